The van der Waals surface area contributed by atoms with Crippen LogP contribution in [0.1, 0.15) is 171 Å². The zero-order chi connectivity index (χ0) is 45.9. The Labute approximate surface area is 381 Å². The predicted molar refractivity (Wildman–Crippen MR) is 253 cm³/mol. The number of hydrogen-bond acceptors (Lipinski definition) is 6. The van der Waals surface area contributed by atoms with Crippen molar-refractivity contribution in [3.05, 3.63) is 41.5 Å². The molecule has 0 heterocycles. The van der Waals surface area contributed by atoms with Gasteiger partial charge in [-0.2, -0.15) is 0 Å². The molecule has 3 fully saturated rings. The Bertz CT molecular complexity index is 1690. The molecule has 63 heavy (non-hydrogen) atoms. The number of aliphatic hydroxyl groups excluding tert-OH is 1. The van der Waals surface area contributed by atoms with Crippen molar-refractivity contribution in [2.45, 2.75) is 190 Å². The number of ether oxygens (including phenoxy) is 1. The van der Waals surface area contributed by atoms with E-state index in [1.807, 2.05) is 27.7 Å². The molecule has 354 valence electrons. The predicted octanol–water partition coefficient (Wildman–Crippen LogP) is 9.89. The number of amides is 4. The summed E-state index contributed by atoms with van der Waals surface area (Å²) in [5, 5.41) is 20.8. The van der Waals surface area contributed by atoms with Crippen LogP contribution in [-0.4, -0.2) is 60.1 Å². The highest BCUT2D eigenvalue weighted by molar-refractivity contribution is 5.98. The van der Waals surface area contributed by atoms with E-state index in [9.17, 15) is 24.3 Å². The van der Waals surface area contributed by atoms with Crippen molar-refractivity contribution in [1.29, 1.82) is 0 Å². The lowest BCUT2D eigenvalue weighted by atomic mass is 9.47. The molecule has 0 aromatic heterocycles. The Morgan fingerprint density at radius 2 is 1.44 bits per heavy atom. The molecule has 0 unspecified atom stereocenters. The first kappa shape index (κ1) is 50.8. The number of aliphatic hydroxyl groups is 1. The molecule has 10 heteroatoms. The lowest BCUT2D eigenvalue weighted by Gasteiger charge is -2.58. The van der Waals surface area contributed by atoms with Crippen LogP contribution in [0, 0.1) is 58.2 Å². The number of nitrogens with one attached hydrogen (secondary N) is 4. The van der Waals surface area contributed by atoms with Crippen LogP contribution in [0.3, 0.4) is 0 Å². The number of allylic oxidation sites excluding steroid dienone is 1. The smallest absolute Gasteiger partial charge is 0.246 e. The van der Waals surface area contributed by atoms with Crippen molar-refractivity contribution >= 4 is 29.3 Å². The second kappa shape index (κ2) is 23.3. The van der Waals surface area contributed by atoms with Gasteiger partial charge in [0.05, 0.1) is 12.7 Å². The summed E-state index contributed by atoms with van der Waals surface area (Å²) in [7, 11) is 0. The average Bonchev–Trinajstić information content (AvgIpc) is 3.59. The fourth-order valence-electron chi connectivity index (χ4n) is 12.5. The van der Waals surface area contributed by atoms with E-state index >= 15 is 0 Å². The highest BCUT2D eigenvalue weighted by atomic mass is 16.5. The average molecular weight is 875 g/mol. The van der Waals surface area contributed by atoms with E-state index in [-0.39, 0.29) is 55.1 Å². The topological polar surface area (TPSA) is 146 Å². The quantitative estimate of drug-likeness (QED) is 0.0547. The number of carbonyl (C=O) groups excluding carboxylic acids is 4. The van der Waals surface area contributed by atoms with Crippen LogP contribution in [0.2, 0.25) is 0 Å². The molecule has 4 aliphatic rings. The zero-order valence-corrected chi connectivity index (χ0v) is 40.7. The molecule has 3 saturated carbocycles. The van der Waals surface area contributed by atoms with Crippen molar-refractivity contribution in [2.24, 2.45) is 58.2 Å². The molecule has 1 aromatic carbocycles. The van der Waals surface area contributed by atoms with Gasteiger partial charge in [-0.15, -0.1) is 0 Å². The lowest BCUT2D eigenvalue weighted by molar-refractivity contribution is -0.132. The normalized spacial score (nSPS) is 28.0. The van der Waals surface area contributed by atoms with Crippen molar-refractivity contribution in [3.63, 3.8) is 0 Å². The van der Waals surface area contributed by atoms with Gasteiger partial charge in [-0.25, -0.2) is 0 Å². The molecular weight excluding hydrogens is 789 g/mol. The fraction of sp³-hybridized carbons (Fsp3) is 0.774. The minimum atomic E-state index is -0.843. The fourth-order valence-corrected chi connectivity index (χ4v) is 12.5. The number of fused-ring (bicyclic) bond motifs is 5. The van der Waals surface area contributed by atoms with Gasteiger partial charge in [0.25, 0.3) is 0 Å². The molecule has 0 bridgehead atoms. The lowest BCUT2D eigenvalue weighted by Crippen LogP contribution is -2.53. The summed E-state index contributed by atoms with van der Waals surface area (Å²) in [5.41, 5.74) is 3.74. The van der Waals surface area contributed by atoms with E-state index in [0.29, 0.717) is 48.9 Å². The summed E-state index contributed by atoms with van der Waals surface area (Å²) >= 11 is 0. The van der Waals surface area contributed by atoms with Crippen LogP contribution >= 0.6 is 0 Å². The minimum Gasteiger partial charge on any atom is -0.392 e. The van der Waals surface area contributed by atoms with E-state index in [1.54, 1.807) is 29.8 Å². The summed E-state index contributed by atoms with van der Waals surface area (Å²) < 4.78 is 6.44. The molecule has 0 saturated heterocycles. The van der Waals surface area contributed by atoms with Crippen LogP contribution < -0.4 is 21.3 Å². The molecular formula is C53H86N4O6. The number of rotatable bonds is 23. The van der Waals surface area contributed by atoms with Crippen molar-refractivity contribution < 1.29 is 29.0 Å². The third-order valence-electron chi connectivity index (χ3n) is 15.9. The minimum absolute atomic E-state index is 0.0195. The van der Waals surface area contributed by atoms with Crippen LogP contribution in [0.25, 0.3) is 0 Å². The van der Waals surface area contributed by atoms with Gasteiger partial charge in [-0.3, -0.25) is 19.2 Å². The van der Waals surface area contributed by atoms with Gasteiger partial charge in [-0.05, 0) is 146 Å². The van der Waals surface area contributed by atoms with Crippen LogP contribution in [0.5, 0.6) is 0 Å². The second-order valence-corrected chi connectivity index (χ2v) is 22.0. The maximum absolute atomic E-state index is 13.5. The molecule has 5 N–H and O–H groups in total. The van der Waals surface area contributed by atoms with Gasteiger partial charge in [0.1, 0.15) is 12.1 Å². The van der Waals surface area contributed by atoms with Gasteiger partial charge >= 0.3 is 0 Å². The summed E-state index contributed by atoms with van der Waals surface area (Å²) in [6.45, 7) is 21.4. The molecule has 10 atom stereocenters. The Hall–Kier alpha value is -3.24. The van der Waals surface area contributed by atoms with E-state index < -0.39 is 18.0 Å². The van der Waals surface area contributed by atoms with E-state index in [4.69, 9.17) is 4.74 Å². The third kappa shape index (κ3) is 13.7. The van der Waals surface area contributed by atoms with Gasteiger partial charge in [0.15, 0.2) is 0 Å². The number of benzene rings is 1. The first-order chi connectivity index (χ1) is 29.9. The number of hydrogen-bond donors (Lipinski definition) is 5. The van der Waals surface area contributed by atoms with Crippen molar-refractivity contribution in [1.82, 2.24) is 16.0 Å². The highest BCUT2D eigenvalue weighted by Crippen LogP contribution is 2.67. The Kier molecular flexibility index (Phi) is 18.8. The molecule has 0 spiro atoms. The summed E-state index contributed by atoms with van der Waals surface area (Å²) in [6, 6.07) is 5.22. The van der Waals surface area contributed by atoms with Crippen LogP contribution in [0.4, 0.5) is 5.69 Å². The van der Waals surface area contributed by atoms with Gasteiger partial charge in [0.2, 0.25) is 23.6 Å². The van der Waals surface area contributed by atoms with Gasteiger partial charge in [-0.1, -0.05) is 105 Å². The Balaban J connectivity index is 1.01. The van der Waals surface area contributed by atoms with Gasteiger partial charge < -0.3 is 31.1 Å². The first-order valence-electron chi connectivity index (χ1n) is 25.1. The maximum Gasteiger partial charge on any atom is 0.246 e. The molecule has 4 aliphatic carbocycles. The zero-order valence-electron chi connectivity index (χ0n) is 40.7. The summed E-state index contributed by atoms with van der Waals surface area (Å²) in [5.74, 6) is 3.88. The summed E-state index contributed by atoms with van der Waals surface area (Å²) in [4.78, 5) is 52.6. The van der Waals surface area contributed by atoms with Gasteiger partial charge in [0, 0.05) is 31.7 Å². The molecule has 5 rings (SSSR count). The standard InChI is InChI=1S/C53H86N4O6/c1-34(2)12-10-13-37(7)43-20-21-44-42-19-16-39-32-41(24-26-52(39,8)45(42)25-27-53(43,44)9)63-29-11-28-54-48(59)22-23-49(60)56-46(30-35(3)4)51(62)57-47(31-36(5)6)50(61)55-40-17-14-38(33-58)15-18-40/h14-18,34-37,41-47,58H,10-13,19-33H2,1-9H3,(H,54,59)(H,55,61)(H,56,60)(H,57,62)/t37-,41+,42+,43-,44+,45+,46+,47+,52+,53-/m1/s1. The summed E-state index contributed by atoms with van der Waals surface area (Å²) in [6.07, 6.45) is 18.7. The van der Waals surface area contributed by atoms with E-state index in [1.165, 1.54) is 57.8 Å². The molecule has 1 aromatic rings. The van der Waals surface area contributed by atoms with E-state index in [2.05, 4.69) is 62.0 Å². The second-order valence-electron chi connectivity index (χ2n) is 22.0. The monoisotopic (exact) mass is 875 g/mol. The van der Waals surface area contributed by atoms with E-state index in [0.717, 1.165) is 53.9 Å². The number of anilines is 1. The van der Waals surface area contributed by atoms with Crippen LogP contribution in [-0.2, 0) is 30.5 Å². The SMILES string of the molecule is CC(C)CCC[C@@H](C)[C@H]1CC[C@H]2[C@@H]3CC=C4C[C@@H](OCCCNC(=O)CCC(=O)N[C@@H](CC(C)C)C(=O)N[C@@H](CC(C)C)C(=O)Nc5ccc(CO)cc5)CC[C@]4(C)[C@H]3CC[C@]12C. The molecule has 10 nitrogen and oxygen atoms in total. The first-order valence-corrected chi connectivity index (χ1v) is 25.1. The molecule has 4 amide bonds. The molecule has 0 radical (unpaired) electrons. The largest absolute Gasteiger partial charge is 0.392 e. The Morgan fingerprint density at radius 3 is 2.11 bits per heavy atom. The molecule has 0 aliphatic heterocycles. The third-order valence-corrected chi connectivity index (χ3v) is 15.9. The van der Waals surface area contributed by atoms with Crippen molar-refractivity contribution in [2.75, 3.05) is 18.5 Å². The number of carbonyl (C=O) groups is 4. The van der Waals surface area contributed by atoms with Crippen LogP contribution in [0.15, 0.2) is 35.9 Å². The highest BCUT2D eigenvalue weighted by Gasteiger charge is 2.59. The Morgan fingerprint density at radius 1 is 0.762 bits per heavy atom. The maximum atomic E-state index is 13.5. The van der Waals surface area contributed by atoms with Crippen molar-refractivity contribution in [3.8, 4) is 0 Å².